The predicted octanol–water partition coefficient (Wildman–Crippen LogP) is 2.30. The van der Waals surface area contributed by atoms with Crippen molar-refractivity contribution in [3.63, 3.8) is 0 Å². The SMILES string of the molecule is CCC1COCCN1C(=O)Oc1ccccc1. The molecule has 0 radical (unpaired) electrons. The maximum absolute atomic E-state index is 12.0. The van der Waals surface area contributed by atoms with Crippen LogP contribution in [0.25, 0.3) is 0 Å². The molecule has 4 nitrogen and oxygen atoms in total. The van der Waals surface area contributed by atoms with E-state index in [4.69, 9.17) is 9.47 Å². The second-order valence-electron chi connectivity index (χ2n) is 4.01. The zero-order valence-electron chi connectivity index (χ0n) is 9.96. The summed E-state index contributed by atoms with van der Waals surface area (Å²) in [5, 5.41) is 0. The van der Waals surface area contributed by atoms with Crippen LogP contribution in [-0.4, -0.2) is 36.8 Å². The maximum Gasteiger partial charge on any atom is 0.415 e. The second kappa shape index (κ2) is 5.68. The molecule has 1 fully saturated rings. The van der Waals surface area contributed by atoms with Crippen LogP contribution in [0.15, 0.2) is 30.3 Å². The summed E-state index contributed by atoms with van der Waals surface area (Å²) in [6.45, 7) is 3.83. The number of ether oxygens (including phenoxy) is 2. The Labute approximate surface area is 101 Å². The van der Waals surface area contributed by atoms with Crippen molar-refractivity contribution in [2.24, 2.45) is 0 Å². The van der Waals surface area contributed by atoms with Crippen LogP contribution in [0.1, 0.15) is 13.3 Å². The molecule has 0 aliphatic carbocycles. The fourth-order valence-corrected chi connectivity index (χ4v) is 1.88. The van der Waals surface area contributed by atoms with Gasteiger partial charge >= 0.3 is 6.09 Å². The normalized spacial score (nSPS) is 20.1. The molecule has 2 rings (SSSR count). The lowest BCUT2D eigenvalue weighted by Crippen LogP contribution is -2.49. The van der Waals surface area contributed by atoms with Gasteiger partial charge in [0.25, 0.3) is 0 Å². The first-order chi connectivity index (χ1) is 8.31. The van der Waals surface area contributed by atoms with Gasteiger partial charge in [-0.1, -0.05) is 25.1 Å². The minimum absolute atomic E-state index is 0.125. The number of para-hydroxylation sites is 1. The first kappa shape index (κ1) is 11.9. The van der Waals surface area contributed by atoms with E-state index >= 15 is 0 Å². The average Bonchev–Trinajstić information content (AvgIpc) is 2.40. The molecule has 0 spiro atoms. The topological polar surface area (TPSA) is 38.8 Å². The summed E-state index contributed by atoms with van der Waals surface area (Å²) in [6, 6.07) is 9.26. The number of benzene rings is 1. The van der Waals surface area contributed by atoms with Crippen molar-refractivity contribution in [2.75, 3.05) is 19.8 Å². The van der Waals surface area contributed by atoms with E-state index in [1.807, 2.05) is 25.1 Å². The van der Waals surface area contributed by atoms with Gasteiger partial charge in [-0.15, -0.1) is 0 Å². The van der Waals surface area contributed by atoms with Crippen LogP contribution in [0.2, 0.25) is 0 Å². The first-order valence-corrected chi connectivity index (χ1v) is 5.92. The van der Waals surface area contributed by atoms with Crippen LogP contribution >= 0.6 is 0 Å². The Hall–Kier alpha value is -1.55. The molecule has 0 bridgehead atoms. The van der Waals surface area contributed by atoms with Crippen molar-refractivity contribution in [2.45, 2.75) is 19.4 Å². The molecule has 1 heterocycles. The van der Waals surface area contributed by atoms with E-state index < -0.39 is 0 Å². The molecule has 0 N–H and O–H groups in total. The molecule has 92 valence electrons. The van der Waals surface area contributed by atoms with E-state index in [1.165, 1.54) is 0 Å². The van der Waals surface area contributed by atoms with Crippen LogP contribution in [0.5, 0.6) is 5.75 Å². The van der Waals surface area contributed by atoms with Gasteiger partial charge in [-0.3, -0.25) is 0 Å². The zero-order valence-corrected chi connectivity index (χ0v) is 9.96. The average molecular weight is 235 g/mol. The molecule has 0 saturated carbocycles. The molecule has 1 aliphatic rings. The molecule has 4 heteroatoms. The third-order valence-corrected chi connectivity index (χ3v) is 2.88. The molecule has 17 heavy (non-hydrogen) atoms. The number of carbonyl (C=O) groups excluding carboxylic acids is 1. The van der Waals surface area contributed by atoms with Gasteiger partial charge in [0.1, 0.15) is 5.75 Å². The van der Waals surface area contributed by atoms with Gasteiger partial charge in [0.2, 0.25) is 0 Å². The minimum atomic E-state index is -0.286. The molecular formula is C13H17NO3. The van der Waals surface area contributed by atoms with E-state index in [0.29, 0.717) is 25.5 Å². The molecular weight excluding hydrogens is 218 g/mol. The predicted molar refractivity (Wildman–Crippen MR) is 64.1 cm³/mol. The Balaban J connectivity index is 1.99. The van der Waals surface area contributed by atoms with Gasteiger partial charge in [0, 0.05) is 6.54 Å². The molecule has 1 amide bonds. The first-order valence-electron chi connectivity index (χ1n) is 5.92. The Kier molecular flexibility index (Phi) is 3.98. The van der Waals surface area contributed by atoms with E-state index in [2.05, 4.69) is 0 Å². The van der Waals surface area contributed by atoms with Crippen molar-refractivity contribution in [3.8, 4) is 5.75 Å². The lowest BCUT2D eigenvalue weighted by molar-refractivity contribution is 0.00107. The monoisotopic (exact) mass is 235 g/mol. The summed E-state index contributed by atoms with van der Waals surface area (Å²) >= 11 is 0. The van der Waals surface area contributed by atoms with Crippen molar-refractivity contribution in [3.05, 3.63) is 30.3 Å². The van der Waals surface area contributed by atoms with Crippen LogP contribution in [0.4, 0.5) is 4.79 Å². The Morgan fingerprint density at radius 3 is 2.94 bits per heavy atom. The maximum atomic E-state index is 12.0. The zero-order chi connectivity index (χ0) is 12.1. The smallest absolute Gasteiger partial charge is 0.410 e. The number of hydrogen-bond donors (Lipinski definition) is 0. The highest BCUT2D eigenvalue weighted by atomic mass is 16.6. The van der Waals surface area contributed by atoms with Gasteiger partial charge in [-0.05, 0) is 18.6 Å². The van der Waals surface area contributed by atoms with Gasteiger partial charge < -0.3 is 14.4 Å². The van der Waals surface area contributed by atoms with Gasteiger partial charge in [-0.25, -0.2) is 4.79 Å². The van der Waals surface area contributed by atoms with Crippen molar-refractivity contribution in [1.82, 2.24) is 4.90 Å². The van der Waals surface area contributed by atoms with E-state index in [-0.39, 0.29) is 12.1 Å². The number of amides is 1. The molecule has 1 unspecified atom stereocenters. The highest BCUT2D eigenvalue weighted by molar-refractivity contribution is 5.71. The van der Waals surface area contributed by atoms with E-state index in [1.54, 1.807) is 17.0 Å². The summed E-state index contributed by atoms with van der Waals surface area (Å²) < 4.78 is 10.7. The highest BCUT2D eigenvalue weighted by Gasteiger charge is 2.27. The van der Waals surface area contributed by atoms with Crippen LogP contribution in [0.3, 0.4) is 0 Å². The molecule has 1 atom stereocenters. The summed E-state index contributed by atoms with van der Waals surface area (Å²) in [6.07, 6.45) is 0.593. The standard InChI is InChI=1S/C13H17NO3/c1-2-11-10-16-9-8-14(11)13(15)17-12-6-4-3-5-7-12/h3-7,11H,2,8-10H2,1H3. The van der Waals surface area contributed by atoms with Gasteiger partial charge in [0.15, 0.2) is 0 Å². The Bertz CT molecular complexity index is 366. The van der Waals surface area contributed by atoms with Crippen molar-refractivity contribution >= 4 is 6.09 Å². The third-order valence-electron chi connectivity index (χ3n) is 2.88. The highest BCUT2D eigenvalue weighted by Crippen LogP contribution is 2.15. The van der Waals surface area contributed by atoms with Crippen molar-refractivity contribution < 1.29 is 14.3 Å². The molecule has 0 aromatic heterocycles. The summed E-state index contributed by atoms with van der Waals surface area (Å²) in [5.41, 5.74) is 0. The fourth-order valence-electron chi connectivity index (χ4n) is 1.88. The third kappa shape index (κ3) is 2.97. The largest absolute Gasteiger partial charge is 0.415 e. The Morgan fingerprint density at radius 1 is 1.47 bits per heavy atom. The molecule has 1 saturated heterocycles. The number of morpholine rings is 1. The van der Waals surface area contributed by atoms with Crippen LogP contribution < -0.4 is 4.74 Å². The van der Waals surface area contributed by atoms with Gasteiger partial charge in [0.05, 0.1) is 19.3 Å². The summed E-state index contributed by atoms with van der Waals surface area (Å²) in [4.78, 5) is 13.7. The summed E-state index contributed by atoms with van der Waals surface area (Å²) in [7, 11) is 0. The number of rotatable bonds is 2. The summed E-state index contributed by atoms with van der Waals surface area (Å²) in [5.74, 6) is 0.582. The number of carbonyl (C=O) groups is 1. The molecule has 1 aromatic carbocycles. The van der Waals surface area contributed by atoms with E-state index in [9.17, 15) is 4.79 Å². The lowest BCUT2D eigenvalue weighted by Gasteiger charge is -2.33. The Morgan fingerprint density at radius 2 is 2.24 bits per heavy atom. The van der Waals surface area contributed by atoms with Gasteiger partial charge in [-0.2, -0.15) is 0 Å². The number of hydrogen-bond acceptors (Lipinski definition) is 3. The fraction of sp³-hybridized carbons (Fsp3) is 0.462. The van der Waals surface area contributed by atoms with Crippen LogP contribution in [-0.2, 0) is 4.74 Å². The molecule has 1 aliphatic heterocycles. The minimum Gasteiger partial charge on any atom is -0.410 e. The quantitative estimate of drug-likeness (QED) is 0.789. The van der Waals surface area contributed by atoms with Crippen LogP contribution in [0, 0.1) is 0 Å². The molecule has 1 aromatic rings. The number of nitrogens with zero attached hydrogens (tertiary/aromatic N) is 1. The second-order valence-corrected chi connectivity index (χ2v) is 4.01. The lowest BCUT2D eigenvalue weighted by atomic mass is 10.2. The van der Waals surface area contributed by atoms with E-state index in [0.717, 1.165) is 6.42 Å². The van der Waals surface area contributed by atoms with Crippen molar-refractivity contribution in [1.29, 1.82) is 0 Å².